The van der Waals surface area contributed by atoms with E-state index < -0.39 is 5.82 Å². The summed E-state index contributed by atoms with van der Waals surface area (Å²) in [5, 5.41) is 6.98. The van der Waals surface area contributed by atoms with E-state index in [1.807, 2.05) is 13.1 Å². The summed E-state index contributed by atoms with van der Waals surface area (Å²) in [5.74, 6) is 0.371. The van der Waals surface area contributed by atoms with E-state index in [1.54, 1.807) is 12.1 Å². The minimum Gasteiger partial charge on any atom is -0.352 e. The lowest BCUT2D eigenvalue weighted by Crippen LogP contribution is -2.24. The minimum absolute atomic E-state index is 0. The van der Waals surface area contributed by atoms with Gasteiger partial charge in [-0.05, 0) is 49.2 Å². The van der Waals surface area contributed by atoms with Crippen LogP contribution in [0, 0.1) is 12.7 Å². The van der Waals surface area contributed by atoms with Crippen molar-refractivity contribution in [2.45, 2.75) is 33.4 Å². The third-order valence-electron chi connectivity index (χ3n) is 4.46. The van der Waals surface area contributed by atoms with Crippen molar-refractivity contribution in [1.29, 1.82) is 0 Å². The van der Waals surface area contributed by atoms with Gasteiger partial charge in [0, 0.05) is 18.8 Å². The van der Waals surface area contributed by atoms with Gasteiger partial charge in [0.25, 0.3) is 0 Å². The number of rotatable bonds is 4. The van der Waals surface area contributed by atoms with Gasteiger partial charge in [-0.25, -0.2) is 9.37 Å². The highest BCUT2D eigenvalue weighted by atomic mass is 35.5. The first kappa shape index (κ1) is 18.6. The maximum atomic E-state index is 13.5. The van der Waals surface area contributed by atoms with E-state index in [9.17, 15) is 4.39 Å². The molecule has 0 spiro atoms. The molecule has 1 atom stereocenters. The zero-order chi connectivity index (χ0) is 17.4. The molecule has 26 heavy (non-hydrogen) atoms. The van der Waals surface area contributed by atoms with Crippen molar-refractivity contribution < 1.29 is 4.39 Å². The van der Waals surface area contributed by atoms with Gasteiger partial charge in [-0.2, -0.15) is 4.98 Å². The van der Waals surface area contributed by atoms with Gasteiger partial charge in [0.1, 0.15) is 5.82 Å². The molecular weight excluding hydrogens is 353 g/mol. The fourth-order valence-corrected chi connectivity index (χ4v) is 3.36. The Bertz CT molecular complexity index is 918. The molecule has 0 aliphatic carbocycles. The van der Waals surface area contributed by atoms with Crippen LogP contribution < -0.4 is 10.6 Å². The van der Waals surface area contributed by atoms with Gasteiger partial charge in [0.15, 0.2) is 5.65 Å². The Morgan fingerprint density at radius 2 is 2.23 bits per heavy atom. The molecule has 0 amide bonds. The number of aryl methyl sites for hydroxylation is 1. The van der Waals surface area contributed by atoms with Gasteiger partial charge in [0.2, 0.25) is 5.95 Å². The van der Waals surface area contributed by atoms with Crippen LogP contribution in [0.25, 0.3) is 11.2 Å². The van der Waals surface area contributed by atoms with Crippen molar-refractivity contribution >= 4 is 28.7 Å². The monoisotopic (exact) mass is 375 g/mol. The van der Waals surface area contributed by atoms with Gasteiger partial charge in [-0.3, -0.25) is 0 Å². The van der Waals surface area contributed by atoms with Crippen molar-refractivity contribution in [2.75, 3.05) is 18.4 Å². The molecule has 1 aliphatic rings. The molecule has 1 saturated heterocycles. The maximum Gasteiger partial charge on any atom is 0.206 e. The number of nitrogens with one attached hydrogen (secondary N) is 2. The Hall–Kier alpha value is -2.18. The van der Waals surface area contributed by atoms with Gasteiger partial charge in [-0.1, -0.05) is 25.1 Å². The summed E-state index contributed by atoms with van der Waals surface area (Å²) in [6, 6.07) is 7.21. The van der Waals surface area contributed by atoms with Gasteiger partial charge in [-0.15, -0.1) is 0 Å². The number of anilines is 1. The average molecular weight is 376 g/mol. The zero-order valence-corrected chi connectivity index (χ0v) is 14.6. The summed E-state index contributed by atoms with van der Waals surface area (Å²) in [4.78, 5) is 9.10. The van der Waals surface area contributed by atoms with Crippen molar-refractivity contribution in [3.63, 3.8) is 0 Å². The molecule has 3 aromatic rings. The molecule has 3 heterocycles. The molecule has 2 N–H and O–H groups in total. The lowest BCUT2D eigenvalue weighted by atomic mass is 10.2. The zero-order valence-electron chi connectivity index (χ0n) is 13.9. The van der Waals surface area contributed by atoms with Crippen LogP contribution in [0.1, 0.15) is 25.0 Å². The normalized spacial score (nSPS) is 16.7. The molecular formula is C19H23ClFN5. The first-order chi connectivity index (χ1) is 12.1. The number of aromatic nitrogens is 3. The van der Waals surface area contributed by atoms with E-state index in [0.717, 1.165) is 42.1 Å². The van der Waals surface area contributed by atoms with E-state index in [-0.39, 0.29) is 12.4 Å². The number of benzene rings is 1. The number of pyridine rings is 1. The van der Waals surface area contributed by atoms with Crippen LogP contribution in [0.15, 0.2) is 30.5 Å². The van der Waals surface area contributed by atoms with Gasteiger partial charge in [0.05, 0.1) is 17.1 Å². The Morgan fingerprint density at radius 1 is 1.38 bits per heavy atom. The molecule has 5 nitrogen and oxygen atoms in total. The van der Waals surface area contributed by atoms with E-state index in [4.69, 9.17) is 11.6 Å². The molecule has 1 aromatic carbocycles. The standard InChI is InChI=1S/C18H19ClFN5.CH4/c1-11-6-16-17(22-8-11)24-18(23-13-4-5-21-9-13)25(16)10-12-2-3-15(20)14(19)7-12;/h2-3,6-8,13,21H,4-5,9-10H2,1H3,(H,22,23,24);1H4. The maximum absolute atomic E-state index is 13.5. The number of hydrogen-bond donors (Lipinski definition) is 2. The Balaban J connectivity index is 0.00000196. The molecule has 1 aliphatic heterocycles. The van der Waals surface area contributed by atoms with Crippen LogP contribution in [-0.2, 0) is 6.54 Å². The van der Waals surface area contributed by atoms with Crippen molar-refractivity contribution in [3.05, 3.63) is 52.4 Å². The van der Waals surface area contributed by atoms with E-state index in [2.05, 4.69) is 31.2 Å². The summed E-state index contributed by atoms with van der Waals surface area (Å²) < 4.78 is 15.5. The Labute approximate surface area is 157 Å². The predicted molar refractivity (Wildman–Crippen MR) is 104 cm³/mol. The molecule has 0 saturated carbocycles. The second-order valence-electron chi connectivity index (χ2n) is 6.46. The lowest BCUT2D eigenvalue weighted by molar-refractivity contribution is 0.627. The van der Waals surface area contributed by atoms with Crippen molar-refractivity contribution in [2.24, 2.45) is 0 Å². The fourth-order valence-electron chi connectivity index (χ4n) is 3.16. The van der Waals surface area contributed by atoms with Crippen LogP contribution in [-0.4, -0.2) is 33.7 Å². The Morgan fingerprint density at radius 3 is 2.96 bits per heavy atom. The number of fused-ring (bicyclic) bond motifs is 1. The quantitative estimate of drug-likeness (QED) is 0.724. The van der Waals surface area contributed by atoms with Gasteiger partial charge >= 0.3 is 0 Å². The van der Waals surface area contributed by atoms with Crippen LogP contribution in [0.4, 0.5) is 10.3 Å². The lowest BCUT2D eigenvalue weighted by Gasteiger charge is -2.15. The smallest absolute Gasteiger partial charge is 0.206 e. The number of halogens is 2. The molecule has 1 fully saturated rings. The van der Waals surface area contributed by atoms with E-state index >= 15 is 0 Å². The van der Waals surface area contributed by atoms with Crippen LogP contribution >= 0.6 is 11.6 Å². The molecule has 138 valence electrons. The molecule has 7 heteroatoms. The molecule has 1 unspecified atom stereocenters. The fraction of sp³-hybridized carbons (Fsp3) is 0.368. The van der Waals surface area contributed by atoms with Crippen LogP contribution in [0.3, 0.4) is 0 Å². The summed E-state index contributed by atoms with van der Waals surface area (Å²) in [6.45, 7) is 4.47. The summed E-state index contributed by atoms with van der Waals surface area (Å²) >= 11 is 5.94. The van der Waals surface area contributed by atoms with E-state index in [1.165, 1.54) is 6.07 Å². The first-order valence-corrected chi connectivity index (χ1v) is 8.72. The third-order valence-corrected chi connectivity index (χ3v) is 4.75. The van der Waals surface area contributed by atoms with Crippen molar-refractivity contribution in [3.8, 4) is 0 Å². The largest absolute Gasteiger partial charge is 0.352 e. The highest BCUT2D eigenvalue weighted by molar-refractivity contribution is 6.30. The molecule has 4 rings (SSSR count). The van der Waals surface area contributed by atoms with Crippen LogP contribution in [0.2, 0.25) is 5.02 Å². The van der Waals surface area contributed by atoms with Crippen molar-refractivity contribution in [1.82, 2.24) is 19.9 Å². The highest BCUT2D eigenvalue weighted by Crippen LogP contribution is 2.24. The average Bonchev–Trinajstić information content (AvgIpc) is 3.20. The second-order valence-corrected chi connectivity index (χ2v) is 6.87. The second kappa shape index (κ2) is 7.60. The van der Waals surface area contributed by atoms with Gasteiger partial charge < -0.3 is 15.2 Å². The first-order valence-electron chi connectivity index (χ1n) is 8.34. The minimum atomic E-state index is -0.409. The topological polar surface area (TPSA) is 54.8 Å². The van der Waals surface area contributed by atoms with Crippen LogP contribution in [0.5, 0.6) is 0 Å². The molecule has 0 radical (unpaired) electrons. The molecule has 0 bridgehead atoms. The predicted octanol–water partition coefficient (Wildman–Crippen LogP) is 3.99. The molecule has 2 aromatic heterocycles. The summed E-state index contributed by atoms with van der Waals surface area (Å²) in [5.41, 5.74) is 3.64. The van der Waals surface area contributed by atoms with E-state index in [0.29, 0.717) is 18.2 Å². The number of nitrogens with zero attached hydrogens (tertiary/aromatic N) is 3. The SMILES string of the molecule is C.Cc1cnc2nc(NC3CCNC3)n(Cc3ccc(F)c(Cl)c3)c2c1. The summed E-state index contributed by atoms with van der Waals surface area (Å²) in [6.07, 6.45) is 2.87. The third kappa shape index (κ3) is 3.66. The number of imidazole rings is 1. The highest BCUT2D eigenvalue weighted by Gasteiger charge is 2.19. The number of hydrogen-bond acceptors (Lipinski definition) is 4. The Kier molecular flexibility index (Phi) is 5.44. The summed E-state index contributed by atoms with van der Waals surface area (Å²) in [7, 11) is 0.